The molecule has 1 saturated heterocycles. The van der Waals surface area contributed by atoms with Crippen molar-refractivity contribution in [3.63, 3.8) is 0 Å². The lowest BCUT2D eigenvalue weighted by molar-refractivity contribution is 0.215. The highest BCUT2D eigenvalue weighted by Crippen LogP contribution is 2.20. The van der Waals surface area contributed by atoms with E-state index in [9.17, 15) is 9.18 Å². The van der Waals surface area contributed by atoms with Gasteiger partial charge in [-0.05, 0) is 42.7 Å². The minimum absolute atomic E-state index is 0.0100. The standard InChI is InChI=1S/C19H22FN3O/c1-14(12-15-6-8-17(20)9-7-15)22-18-5-3-2-4-16(18)13-23-11-10-21-19(23)24/h2-9,14,22H,10-13H2,1H3,(H,21,24). The van der Waals surface area contributed by atoms with Gasteiger partial charge in [-0.15, -0.1) is 0 Å². The van der Waals surface area contributed by atoms with Crippen LogP contribution in [0.4, 0.5) is 14.9 Å². The van der Waals surface area contributed by atoms with Crippen molar-refractivity contribution in [2.45, 2.75) is 25.9 Å². The number of hydrogen-bond donors (Lipinski definition) is 2. The van der Waals surface area contributed by atoms with Crippen LogP contribution in [0, 0.1) is 5.82 Å². The smallest absolute Gasteiger partial charge is 0.317 e. The van der Waals surface area contributed by atoms with Crippen molar-refractivity contribution in [1.29, 1.82) is 0 Å². The molecule has 126 valence electrons. The van der Waals surface area contributed by atoms with E-state index in [0.717, 1.165) is 29.8 Å². The van der Waals surface area contributed by atoms with Crippen LogP contribution in [0.1, 0.15) is 18.1 Å². The topological polar surface area (TPSA) is 44.4 Å². The summed E-state index contributed by atoms with van der Waals surface area (Å²) in [6, 6.07) is 14.8. The van der Waals surface area contributed by atoms with Gasteiger partial charge in [0.2, 0.25) is 0 Å². The molecule has 0 aliphatic carbocycles. The maximum Gasteiger partial charge on any atom is 0.317 e. The van der Waals surface area contributed by atoms with Crippen molar-refractivity contribution in [2.24, 2.45) is 0 Å². The van der Waals surface area contributed by atoms with Crippen molar-refractivity contribution in [3.8, 4) is 0 Å². The first-order chi connectivity index (χ1) is 11.6. The number of urea groups is 1. The van der Waals surface area contributed by atoms with Crippen LogP contribution in [0.3, 0.4) is 0 Å². The molecule has 1 unspecified atom stereocenters. The van der Waals surface area contributed by atoms with Gasteiger partial charge in [0.15, 0.2) is 0 Å². The Balaban J connectivity index is 1.65. The SMILES string of the molecule is CC(Cc1ccc(F)cc1)Nc1ccccc1CN1CCNC1=O. The molecule has 0 spiro atoms. The lowest BCUT2D eigenvalue weighted by atomic mass is 10.1. The van der Waals surface area contributed by atoms with Crippen molar-refractivity contribution in [1.82, 2.24) is 10.2 Å². The van der Waals surface area contributed by atoms with Crippen LogP contribution >= 0.6 is 0 Å². The minimum Gasteiger partial charge on any atom is -0.382 e. The molecule has 0 aromatic heterocycles. The summed E-state index contributed by atoms with van der Waals surface area (Å²) >= 11 is 0. The van der Waals surface area contributed by atoms with Crippen molar-refractivity contribution in [2.75, 3.05) is 18.4 Å². The third-order valence-corrected chi connectivity index (χ3v) is 4.18. The summed E-state index contributed by atoms with van der Waals surface area (Å²) in [5, 5.41) is 6.33. The zero-order valence-corrected chi connectivity index (χ0v) is 13.8. The number of carbonyl (C=O) groups excluding carboxylic acids is 1. The molecule has 1 atom stereocenters. The molecular weight excluding hydrogens is 305 g/mol. The van der Waals surface area contributed by atoms with E-state index in [2.05, 4.69) is 17.6 Å². The molecule has 2 aromatic carbocycles. The molecule has 1 fully saturated rings. The quantitative estimate of drug-likeness (QED) is 0.854. The number of halogens is 1. The predicted octanol–water partition coefficient (Wildman–Crippen LogP) is 3.39. The van der Waals surface area contributed by atoms with Crippen molar-refractivity contribution >= 4 is 11.7 Å². The molecule has 0 saturated carbocycles. The summed E-state index contributed by atoms with van der Waals surface area (Å²) in [5.74, 6) is -0.214. The maximum absolute atomic E-state index is 13.0. The maximum atomic E-state index is 13.0. The fraction of sp³-hybridized carbons (Fsp3) is 0.316. The summed E-state index contributed by atoms with van der Waals surface area (Å²) in [7, 11) is 0. The van der Waals surface area contributed by atoms with Gasteiger partial charge in [0.05, 0.1) is 0 Å². The fourth-order valence-electron chi connectivity index (χ4n) is 2.96. The highest BCUT2D eigenvalue weighted by Gasteiger charge is 2.20. The van der Waals surface area contributed by atoms with Gasteiger partial charge >= 0.3 is 6.03 Å². The molecule has 5 heteroatoms. The molecule has 24 heavy (non-hydrogen) atoms. The van der Waals surface area contributed by atoms with E-state index >= 15 is 0 Å². The van der Waals surface area contributed by atoms with Crippen LogP contribution in [0.15, 0.2) is 48.5 Å². The van der Waals surface area contributed by atoms with Gasteiger partial charge in [0.1, 0.15) is 5.82 Å². The van der Waals surface area contributed by atoms with Crippen molar-refractivity contribution in [3.05, 3.63) is 65.5 Å². The molecule has 2 amide bonds. The summed E-state index contributed by atoms with van der Waals surface area (Å²) in [5.41, 5.74) is 3.22. The first-order valence-corrected chi connectivity index (χ1v) is 8.23. The molecule has 2 aromatic rings. The van der Waals surface area contributed by atoms with Crippen molar-refractivity contribution < 1.29 is 9.18 Å². The highest BCUT2D eigenvalue weighted by molar-refractivity contribution is 5.76. The van der Waals surface area contributed by atoms with E-state index in [0.29, 0.717) is 13.1 Å². The number of carbonyl (C=O) groups is 1. The second-order valence-corrected chi connectivity index (χ2v) is 6.19. The Morgan fingerprint density at radius 2 is 1.96 bits per heavy atom. The van der Waals surface area contributed by atoms with E-state index < -0.39 is 0 Å². The fourth-order valence-corrected chi connectivity index (χ4v) is 2.96. The van der Waals surface area contributed by atoms with Crippen LogP contribution < -0.4 is 10.6 Å². The molecule has 1 heterocycles. The zero-order valence-electron chi connectivity index (χ0n) is 13.8. The third kappa shape index (κ3) is 4.04. The van der Waals surface area contributed by atoms with Gasteiger partial charge in [0, 0.05) is 31.4 Å². The average Bonchev–Trinajstić information content (AvgIpc) is 2.96. The Bertz CT molecular complexity index is 702. The Morgan fingerprint density at radius 1 is 1.21 bits per heavy atom. The highest BCUT2D eigenvalue weighted by atomic mass is 19.1. The van der Waals surface area contributed by atoms with Crippen LogP contribution in [0.5, 0.6) is 0 Å². The number of anilines is 1. The summed E-state index contributed by atoms with van der Waals surface area (Å²) < 4.78 is 13.0. The van der Waals surface area contributed by atoms with Crippen LogP contribution in [0.2, 0.25) is 0 Å². The Labute approximate surface area is 141 Å². The monoisotopic (exact) mass is 327 g/mol. The Morgan fingerprint density at radius 3 is 2.67 bits per heavy atom. The van der Waals surface area contributed by atoms with E-state index in [1.807, 2.05) is 41.3 Å². The zero-order chi connectivity index (χ0) is 16.9. The van der Waals surface area contributed by atoms with Gasteiger partial charge in [0.25, 0.3) is 0 Å². The summed E-state index contributed by atoms with van der Waals surface area (Å²) in [6.45, 7) is 4.13. The normalized spacial score (nSPS) is 15.2. The van der Waals surface area contributed by atoms with E-state index in [1.54, 1.807) is 0 Å². The molecular formula is C19H22FN3O. The van der Waals surface area contributed by atoms with Crippen LogP contribution in [-0.2, 0) is 13.0 Å². The summed E-state index contributed by atoms with van der Waals surface area (Å²) in [6.07, 6.45) is 0.804. The number of nitrogens with zero attached hydrogens (tertiary/aromatic N) is 1. The summed E-state index contributed by atoms with van der Waals surface area (Å²) in [4.78, 5) is 13.6. The number of para-hydroxylation sites is 1. The number of hydrogen-bond acceptors (Lipinski definition) is 2. The molecule has 3 rings (SSSR count). The van der Waals surface area contributed by atoms with Gasteiger partial charge in [-0.2, -0.15) is 0 Å². The van der Waals surface area contributed by atoms with Gasteiger partial charge in [-0.1, -0.05) is 30.3 Å². The minimum atomic E-state index is -0.214. The average molecular weight is 327 g/mol. The Hall–Kier alpha value is -2.56. The molecule has 1 aliphatic rings. The van der Waals surface area contributed by atoms with E-state index in [1.165, 1.54) is 12.1 Å². The molecule has 2 N–H and O–H groups in total. The van der Waals surface area contributed by atoms with Crippen LogP contribution in [-0.4, -0.2) is 30.1 Å². The molecule has 0 bridgehead atoms. The number of amides is 2. The number of benzene rings is 2. The van der Waals surface area contributed by atoms with Crippen LogP contribution in [0.25, 0.3) is 0 Å². The second kappa shape index (κ2) is 7.34. The van der Waals surface area contributed by atoms with E-state index in [4.69, 9.17) is 0 Å². The molecule has 0 radical (unpaired) electrons. The lowest BCUT2D eigenvalue weighted by Gasteiger charge is -2.21. The second-order valence-electron chi connectivity index (χ2n) is 6.19. The first-order valence-electron chi connectivity index (χ1n) is 8.23. The molecule has 1 aliphatic heterocycles. The third-order valence-electron chi connectivity index (χ3n) is 4.18. The largest absolute Gasteiger partial charge is 0.382 e. The van der Waals surface area contributed by atoms with Gasteiger partial charge in [-0.25, -0.2) is 9.18 Å². The molecule has 4 nitrogen and oxygen atoms in total. The first kappa shape index (κ1) is 16.3. The number of nitrogens with one attached hydrogen (secondary N) is 2. The Kier molecular flexibility index (Phi) is 4.99. The predicted molar refractivity (Wildman–Crippen MR) is 93.4 cm³/mol. The van der Waals surface area contributed by atoms with E-state index in [-0.39, 0.29) is 17.9 Å². The lowest BCUT2D eigenvalue weighted by Crippen LogP contribution is -2.28. The van der Waals surface area contributed by atoms with Gasteiger partial charge < -0.3 is 15.5 Å². The van der Waals surface area contributed by atoms with Gasteiger partial charge in [-0.3, -0.25) is 0 Å². The number of rotatable bonds is 6.